The van der Waals surface area contributed by atoms with Crippen LogP contribution in [-0.4, -0.2) is 34.4 Å². The Hall–Kier alpha value is -0.610. The van der Waals surface area contributed by atoms with Gasteiger partial charge in [-0.15, -0.1) is 11.8 Å². The number of thioether (sulfide) groups is 2. The summed E-state index contributed by atoms with van der Waals surface area (Å²) >= 11 is 3.68. The molecule has 0 saturated carbocycles. The molecule has 1 aliphatic heterocycles. The summed E-state index contributed by atoms with van der Waals surface area (Å²) in [6.45, 7) is 4.75. The Morgan fingerprint density at radius 3 is 2.56 bits per heavy atom. The number of ether oxygens (including phenoxy) is 1. The lowest BCUT2D eigenvalue weighted by Crippen LogP contribution is -2.31. The Labute approximate surface area is 117 Å². The molecule has 1 aliphatic rings. The molecule has 0 aromatic heterocycles. The number of rotatable bonds is 4. The fraction of sp³-hybridized carbons (Fsp3) is 0.500. The van der Waals surface area contributed by atoms with Crippen LogP contribution in [0.15, 0.2) is 24.3 Å². The monoisotopic (exact) mass is 282 g/mol. The lowest BCUT2D eigenvalue weighted by Gasteiger charge is -2.26. The quantitative estimate of drug-likeness (QED) is 0.790. The number of ketones is 1. The van der Waals surface area contributed by atoms with Gasteiger partial charge in [0, 0.05) is 22.3 Å². The van der Waals surface area contributed by atoms with E-state index in [1.807, 2.05) is 43.0 Å². The molecule has 1 aromatic carbocycles. The molecule has 98 valence electrons. The molecule has 0 amide bonds. The SMILES string of the molecule is CCOc1ccc(C(=O)C2SCCSC2C)cc1. The standard InChI is InChI=1S/C14H18O2S2/c1-3-16-12-6-4-11(5-7-12)13(15)14-10(2)17-8-9-18-14/h4-7,10,14H,3,8-9H2,1-2H3. The topological polar surface area (TPSA) is 26.3 Å². The van der Waals surface area contributed by atoms with Gasteiger partial charge in [0.25, 0.3) is 0 Å². The van der Waals surface area contributed by atoms with Crippen LogP contribution in [0.5, 0.6) is 5.75 Å². The van der Waals surface area contributed by atoms with Crippen LogP contribution in [0.2, 0.25) is 0 Å². The average molecular weight is 282 g/mol. The Kier molecular flexibility index (Phi) is 5.01. The summed E-state index contributed by atoms with van der Waals surface area (Å²) in [5.74, 6) is 3.30. The number of carbonyl (C=O) groups is 1. The van der Waals surface area contributed by atoms with Crippen LogP contribution in [-0.2, 0) is 0 Å². The van der Waals surface area contributed by atoms with Gasteiger partial charge < -0.3 is 4.74 Å². The predicted molar refractivity (Wildman–Crippen MR) is 80.1 cm³/mol. The van der Waals surface area contributed by atoms with Gasteiger partial charge in [0.15, 0.2) is 5.78 Å². The predicted octanol–water partition coefficient (Wildman–Crippen LogP) is 3.51. The van der Waals surface area contributed by atoms with E-state index in [9.17, 15) is 4.79 Å². The van der Waals surface area contributed by atoms with E-state index in [0.29, 0.717) is 11.9 Å². The van der Waals surface area contributed by atoms with E-state index in [1.165, 1.54) is 0 Å². The van der Waals surface area contributed by atoms with Crippen LogP contribution in [0.3, 0.4) is 0 Å². The zero-order valence-corrected chi connectivity index (χ0v) is 12.4. The van der Waals surface area contributed by atoms with Crippen molar-refractivity contribution in [3.63, 3.8) is 0 Å². The Morgan fingerprint density at radius 2 is 1.94 bits per heavy atom. The maximum Gasteiger partial charge on any atom is 0.176 e. The summed E-state index contributed by atoms with van der Waals surface area (Å²) in [4.78, 5) is 12.4. The van der Waals surface area contributed by atoms with Crippen molar-refractivity contribution >= 4 is 29.3 Å². The number of hydrogen-bond donors (Lipinski definition) is 0. The van der Waals surface area contributed by atoms with Crippen LogP contribution in [0.4, 0.5) is 0 Å². The third kappa shape index (κ3) is 3.23. The summed E-state index contributed by atoms with van der Waals surface area (Å²) in [5, 5.41) is 0.504. The molecule has 0 N–H and O–H groups in total. The first-order valence-electron chi connectivity index (χ1n) is 6.22. The minimum atomic E-state index is 0.0988. The van der Waals surface area contributed by atoms with Gasteiger partial charge in [-0.2, -0.15) is 11.8 Å². The summed E-state index contributed by atoms with van der Waals surface area (Å²) in [6, 6.07) is 7.50. The first-order chi connectivity index (χ1) is 8.72. The van der Waals surface area contributed by atoms with Crippen LogP contribution in [0, 0.1) is 0 Å². The Balaban J connectivity index is 2.08. The first-order valence-corrected chi connectivity index (χ1v) is 8.32. The van der Waals surface area contributed by atoms with Crippen molar-refractivity contribution in [3.8, 4) is 5.75 Å². The minimum absolute atomic E-state index is 0.0988. The lowest BCUT2D eigenvalue weighted by atomic mass is 10.1. The second-order valence-electron chi connectivity index (χ2n) is 4.19. The Bertz CT molecular complexity index is 403. The highest BCUT2D eigenvalue weighted by atomic mass is 32.2. The summed E-state index contributed by atoms with van der Waals surface area (Å²) in [5.41, 5.74) is 0.797. The molecule has 2 atom stereocenters. The van der Waals surface area contributed by atoms with Crippen molar-refractivity contribution in [2.45, 2.75) is 24.3 Å². The summed E-state index contributed by atoms with van der Waals surface area (Å²) in [6.07, 6.45) is 0. The average Bonchev–Trinajstić information content (AvgIpc) is 2.40. The van der Waals surface area contributed by atoms with E-state index in [2.05, 4.69) is 6.92 Å². The third-order valence-corrected chi connectivity index (χ3v) is 5.99. The molecular formula is C14H18O2S2. The van der Waals surface area contributed by atoms with Crippen LogP contribution < -0.4 is 4.74 Å². The third-order valence-electron chi connectivity index (χ3n) is 2.90. The second kappa shape index (κ2) is 6.53. The maximum atomic E-state index is 12.4. The van der Waals surface area contributed by atoms with Gasteiger partial charge in [-0.1, -0.05) is 6.92 Å². The molecule has 1 heterocycles. The number of benzene rings is 1. The van der Waals surface area contributed by atoms with E-state index in [1.54, 1.807) is 11.8 Å². The van der Waals surface area contributed by atoms with Gasteiger partial charge in [-0.05, 0) is 31.2 Å². The van der Waals surface area contributed by atoms with Crippen LogP contribution in [0.1, 0.15) is 24.2 Å². The largest absolute Gasteiger partial charge is 0.494 e. The minimum Gasteiger partial charge on any atom is -0.494 e. The molecule has 1 fully saturated rings. The molecule has 0 spiro atoms. The van der Waals surface area contributed by atoms with Crippen LogP contribution >= 0.6 is 23.5 Å². The van der Waals surface area contributed by atoms with E-state index in [4.69, 9.17) is 4.74 Å². The molecule has 1 aromatic rings. The maximum absolute atomic E-state index is 12.4. The van der Waals surface area contributed by atoms with Gasteiger partial charge in [0.05, 0.1) is 11.9 Å². The van der Waals surface area contributed by atoms with Crippen LogP contribution in [0.25, 0.3) is 0 Å². The zero-order valence-electron chi connectivity index (χ0n) is 10.7. The fourth-order valence-corrected chi connectivity index (χ4v) is 4.69. The highest BCUT2D eigenvalue weighted by molar-refractivity contribution is 8.07. The van der Waals surface area contributed by atoms with Gasteiger partial charge in [-0.3, -0.25) is 4.79 Å². The zero-order chi connectivity index (χ0) is 13.0. The summed E-state index contributed by atoms with van der Waals surface area (Å²) < 4.78 is 5.39. The number of Topliss-reactive ketones (excluding diaryl/α,β-unsaturated/α-hetero) is 1. The highest BCUT2D eigenvalue weighted by Crippen LogP contribution is 2.33. The van der Waals surface area contributed by atoms with Crippen molar-refractivity contribution in [1.82, 2.24) is 0 Å². The second-order valence-corrected chi connectivity index (χ2v) is 6.92. The van der Waals surface area contributed by atoms with Gasteiger partial charge in [-0.25, -0.2) is 0 Å². The molecular weight excluding hydrogens is 264 g/mol. The fourth-order valence-electron chi connectivity index (χ4n) is 1.97. The van der Waals surface area contributed by atoms with E-state index in [0.717, 1.165) is 22.8 Å². The molecule has 0 aliphatic carbocycles. The molecule has 2 rings (SSSR count). The van der Waals surface area contributed by atoms with Crippen molar-refractivity contribution in [3.05, 3.63) is 29.8 Å². The number of carbonyl (C=O) groups excluding carboxylic acids is 1. The molecule has 18 heavy (non-hydrogen) atoms. The molecule has 0 bridgehead atoms. The molecule has 2 nitrogen and oxygen atoms in total. The van der Waals surface area contributed by atoms with E-state index < -0.39 is 0 Å². The van der Waals surface area contributed by atoms with Gasteiger partial charge >= 0.3 is 0 Å². The highest BCUT2D eigenvalue weighted by Gasteiger charge is 2.29. The van der Waals surface area contributed by atoms with Crippen molar-refractivity contribution in [2.24, 2.45) is 0 Å². The van der Waals surface area contributed by atoms with Crippen molar-refractivity contribution in [2.75, 3.05) is 18.1 Å². The molecule has 0 radical (unpaired) electrons. The number of hydrogen-bond acceptors (Lipinski definition) is 4. The Morgan fingerprint density at radius 1 is 1.28 bits per heavy atom. The lowest BCUT2D eigenvalue weighted by molar-refractivity contribution is 0.0989. The first kappa shape index (κ1) is 13.8. The summed E-state index contributed by atoms with van der Waals surface area (Å²) in [7, 11) is 0. The van der Waals surface area contributed by atoms with E-state index >= 15 is 0 Å². The molecule has 2 unspecified atom stereocenters. The molecule has 4 heteroatoms. The van der Waals surface area contributed by atoms with Gasteiger partial charge in [0.2, 0.25) is 0 Å². The van der Waals surface area contributed by atoms with Crippen molar-refractivity contribution in [1.29, 1.82) is 0 Å². The van der Waals surface area contributed by atoms with E-state index in [-0.39, 0.29) is 11.0 Å². The van der Waals surface area contributed by atoms with Crippen molar-refractivity contribution < 1.29 is 9.53 Å². The smallest absolute Gasteiger partial charge is 0.176 e. The van der Waals surface area contributed by atoms with Gasteiger partial charge in [0.1, 0.15) is 5.75 Å². The molecule has 1 saturated heterocycles. The normalized spacial score (nSPS) is 23.7.